The Morgan fingerprint density at radius 3 is 2.69 bits per heavy atom. The van der Waals surface area contributed by atoms with Gasteiger partial charge in [0.2, 0.25) is 0 Å². The van der Waals surface area contributed by atoms with Gasteiger partial charge in [-0.2, -0.15) is 5.10 Å². The number of aromatic nitrogens is 5. The molecule has 0 radical (unpaired) electrons. The summed E-state index contributed by atoms with van der Waals surface area (Å²) in [6.07, 6.45) is 10.1. The van der Waals surface area contributed by atoms with Crippen molar-refractivity contribution in [2.24, 2.45) is 7.05 Å². The number of carbonyl (C=O) groups is 1. The first-order chi connectivity index (χ1) is 15.5. The summed E-state index contributed by atoms with van der Waals surface area (Å²) in [7, 11) is 1.86. The summed E-state index contributed by atoms with van der Waals surface area (Å²) in [6.45, 7) is 8.97. The molecule has 0 spiro atoms. The minimum atomic E-state index is -0.0805. The first-order valence-corrected chi connectivity index (χ1v) is 11.6. The fourth-order valence-corrected chi connectivity index (χ4v) is 4.76. The van der Waals surface area contributed by atoms with Crippen molar-refractivity contribution < 1.29 is 4.79 Å². The van der Waals surface area contributed by atoms with Crippen molar-refractivity contribution >= 4 is 5.91 Å². The van der Waals surface area contributed by atoms with Gasteiger partial charge >= 0.3 is 0 Å². The van der Waals surface area contributed by atoms with E-state index in [2.05, 4.69) is 35.8 Å². The Labute approximate surface area is 189 Å². The third kappa shape index (κ3) is 3.92. The van der Waals surface area contributed by atoms with Crippen molar-refractivity contribution in [3.8, 4) is 11.1 Å². The highest BCUT2D eigenvalue weighted by Gasteiger charge is 2.36. The molecule has 7 nitrogen and oxygen atoms in total. The van der Waals surface area contributed by atoms with Gasteiger partial charge in [-0.3, -0.25) is 14.5 Å². The second-order valence-corrected chi connectivity index (χ2v) is 8.58. The third-order valence-electron chi connectivity index (χ3n) is 6.40. The Morgan fingerprint density at radius 1 is 1.19 bits per heavy atom. The number of carbonyl (C=O) groups excluding carboxylic acids is 1. The van der Waals surface area contributed by atoms with Crippen LogP contribution in [0.3, 0.4) is 0 Å². The zero-order valence-corrected chi connectivity index (χ0v) is 19.7. The number of likely N-dealkylation sites (tertiary alicyclic amines) is 1. The summed E-state index contributed by atoms with van der Waals surface area (Å²) in [5.74, 6) is 0.870. The Bertz CT molecular complexity index is 1140. The molecule has 0 bridgehead atoms. The van der Waals surface area contributed by atoms with Crippen molar-refractivity contribution in [1.82, 2.24) is 29.6 Å². The lowest BCUT2D eigenvalue weighted by Crippen LogP contribution is -2.33. The maximum Gasteiger partial charge on any atom is 0.272 e. The fraction of sp³-hybridized carbons (Fsp3) is 0.480. The van der Waals surface area contributed by atoms with Crippen molar-refractivity contribution in [3.63, 3.8) is 0 Å². The molecular formula is C25H32N6O. The second-order valence-electron chi connectivity index (χ2n) is 8.58. The number of amides is 1. The maximum atomic E-state index is 13.7. The molecule has 0 aromatic carbocycles. The van der Waals surface area contributed by atoms with E-state index < -0.39 is 0 Å². The summed E-state index contributed by atoms with van der Waals surface area (Å²) in [5.41, 5.74) is 6.72. The van der Waals surface area contributed by atoms with Crippen LogP contribution in [0.15, 0.2) is 24.7 Å². The minimum absolute atomic E-state index is 0.0350. The van der Waals surface area contributed by atoms with E-state index in [-0.39, 0.29) is 11.9 Å². The average molecular weight is 433 g/mol. The summed E-state index contributed by atoms with van der Waals surface area (Å²) in [4.78, 5) is 29.6. The van der Waals surface area contributed by atoms with Gasteiger partial charge in [0, 0.05) is 49.7 Å². The van der Waals surface area contributed by atoms with Crippen LogP contribution in [0.1, 0.15) is 78.0 Å². The number of nitrogens with zero attached hydrogens (tertiary/aromatic N) is 6. The Hall–Kier alpha value is -3.09. The van der Waals surface area contributed by atoms with Crippen molar-refractivity contribution in [1.29, 1.82) is 0 Å². The van der Waals surface area contributed by atoms with Crippen LogP contribution in [-0.4, -0.2) is 42.1 Å². The molecule has 4 heterocycles. The van der Waals surface area contributed by atoms with Crippen LogP contribution in [0.25, 0.3) is 11.1 Å². The standard InChI is InChI=1S/C25H32N6O/c1-6-9-22-27-15-19(18-11-12-26-14-16(18)3)23(28-22)21-10-8-13-31(21)25(32)24-17(4)20(7-2)29-30(24)5/h11-12,14-15,21H,6-10,13H2,1-5H3/t21-/m0/s1. The number of hydrogen-bond donors (Lipinski definition) is 0. The molecule has 1 aliphatic rings. The summed E-state index contributed by atoms with van der Waals surface area (Å²) in [5, 5.41) is 4.57. The monoisotopic (exact) mass is 432 g/mol. The average Bonchev–Trinajstić information content (AvgIpc) is 3.38. The van der Waals surface area contributed by atoms with Crippen LogP contribution in [0.2, 0.25) is 0 Å². The number of aryl methyl sites for hydroxylation is 4. The van der Waals surface area contributed by atoms with Crippen molar-refractivity contribution in [2.45, 2.75) is 65.8 Å². The quantitative estimate of drug-likeness (QED) is 0.578. The molecule has 4 rings (SSSR count). The van der Waals surface area contributed by atoms with E-state index in [9.17, 15) is 4.79 Å². The van der Waals surface area contributed by atoms with Crippen LogP contribution in [0.5, 0.6) is 0 Å². The number of rotatable bonds is 6. The molecule has 1 saturated heterocycles. The molecule has 1 fully saturated rings. The zero-order chi connectivity index (χ0) is 22.8. The van der Waals surface area contributed by atoms with Crippen molar-refractivity contribution in [3.05, 3.63) is 58.7 Å². The summed E-state index contributed by atoms with van der Waals surface area (Å²) in [6, 6.07) is 1.93. The SMILES string of the molecule is CCCc1ncc(-c2ccncc2C)c([C@@H]2CCCN2C(=O)c2c(C)c(CC)nn2C)n1. The molecule has 0 unspecified atom stereocenters. The molecule has 1 atom stereocenters. The van der Waals surface area contributed by atoms with Gasteiger partial charge in [-0.25, -0.2) is 9.97 Å². The normalized spacial score (nSPS) is 16.0. The molecule has 7 heteroatoms. The third-order valence-corrected chi connectivity index (χ3v) is 6.40. The largest absolute Gasteiger partial charge is 0.329 e. The van der Waals surface area contributed by atoms with Crippen molar-refractivity contribution in [2.75, 3.05) is 6.54 Å². The van der Waals surface area contributed by atoms with Gasteiger partial charge in [-0.15, -0.1) is 0 Å². The molecular weight excluding hydrogens is 400 g/mol. The molecule has 1 amide bonds. The topological polar surface area (TPSA) is 76.8 Å². The lowest BCUT2D eigenvalue weighted by molar-refractivity contribution is 0.0721. The molecule has 3 aromatic heterocycles. The van der Waals surface area contributed by atoms with E-state index in [1.807, 2.05) is 37.3 Å². The Balaban J connectivity index is 1.79. The van der Waals surface area contributed by atoms with Gasteiger partial charge in [0.05, 0.1) is 17.4 Å². The second kappa shape index (κ2) is 9.18. The smallest absolute Gasteiger partial charge is 0.272 e. The van der Waals surface area contributed by atoms with E-state index in [0.717, 1.165) is 78.1 Å². The van der Waals surface area contributed by atoms with E-state index in [1.165, 1.54) is 0 Å². The predicted octanol–water partition coefficient (Wildman–Crippen LogP) is 4.38. The van der Waals surface area contributed by atoms with Gasteiger partial charge in [-0.05, 0) is 56.7 Å². The fourth-order valence-electron chi connectivity index (χ4n) is 4.76. The van der Waals surface area contributed by atoms with E-state index in [0.29, 0.717) is 5.69 Å². The van der Waals surface area contributed by atoms with Gasteiger partial charge in [-0.1, -0.05) is 13.8 Å². The summed E-state index contributed by atoms with van der Waals surface area (Å²) >= 11 is 0. The van der Waals surface area contributed by atoms with Crippen LogP contribution >= 0.6 is 0 Å². The van der Waals surface area contributed by atoms with Gasteiger partial charge in [0.25, 0.3) is 5.91 Å². The molecule has 0 N–H and O–H groups in total. The highest BCUT2D eigenvalue weighted by atomic mass is 16.2. The van der Waals surface area contributed by atoms with Crippen LogP contribution in [0.4, 0.5) is 0 Å². The van der Waals surface area contributed by atoms with Crippen LogP contribution < -0.4 is 0 Å². The molecule has 3 aromatic rings. The predicted molar refractivity (Wildman–Crippen MR) is 124 cm³/mol. The lowest BCUT2D eigenvalue weighted by Gasteiger charge is -2.27. The van der Waals surface area contributed by atoms with E-state index in [4.69, 9.17) is 4.98 Å². The number of pyridine rings is 1. The minimum Gasteiger partial charge on any atom is -0.329 e. The highest BCUT2D eigenvalue weighted by Crippen LogP contribution is 2.38. The first kappa shape index (κ1) is 22.1. The molecule has 32 heavy (non-hydrogen) atoms. The van der Waals surface area contributed by atoms with Crippen LogP contribution in [0, 0.1) is 13.8 Å². The molecule has 0 aliphatic carbocycles. The Kier molecular flexibility index (Phi) is 6.35. The molecule has 0 saturated carbocycles. The van der Waals surface area contributed by atoms with Crippen LogP contribution in [-0.2, 0) is 19.9 Å². The molecule has 1 aliphatic heterocycles. The maximum absolute atomic E-state index is 13.7. The lowest BCUT2D eigenvalue weighted by atomic mass is 9.97. The highest BCUT2D eigenvalue weighted by molar-refractivity contribution is 5.95. The summed E-state index contributed by atoms with van der Waals surface area (Å²) < 4.78 is 1.74. The van der Waals surface area contributed by atoms with Gasteiger partial charge in [0.15, 0.2) is 0 Å². The zero-order valence-electron chi connectivity index (χ0n) is 19.7. The number of hydrogen-bond acceptors (Lipinski definition) is 5. The van der Waals surface area contributed by atoms with Gasteiger partial charge < -0.3 is 4.90 Å². The Morgan fingerprint density at radius 2 is 2.00 bits per heavy atom. The molecule has 168 valence electrons. The van der Waals surface area contributed by atoms with Gasteiger partial charge in [0.1, 0.15) is 11.5 Å². The van der Waals surface area contributed by atoms with E-state index in [1.54, 1.807) is 10.9 Å². The first-order valence-electron chi connectivity index (χ1n) is 11.6. The van der Waals surface area contributed by atoms with E-state index >= 15 is 0 Å².